The number of hydrogen-bond acceptors (Lipinski definition) is 3. The van der Waals surface area contributed by atoms with E-state index in [2.05, 4.69) is 15.3 Å². The first-order valence-electron chi connectivity index (χ1n) is 7.68. The second-order valence-corrected chi connectivity index (χ2v) is 5.82. The van der Waals surface area contributed by atoms with E-state index in [1.54, 1.807) is 0 Å². The summed E-state index contributed by atoms with van der Waals surface area (Å²) in [6.07, 6.45) is 1.80. The largest absolute Gasteiger partial charge is 0.480 e. The van der Waals surface area contributed by atoms with Crippen LogP contribution in [0.4, 0.5) is 0 Å². The summed E-state index contributed by atoms with van der Waals surface area (Å²) in [5.41, 5.74) is 12.3. The van der Waals surface area contributed by atoms with Gasteiger partial charge in [0.2, 0.25) is 0 Å². The fourth-order valence-electron chi connectivity index (χ4n) is 3.37. The van der Waals surface area contributed by atoms with Crippen molar-refractivity contribution in [2.24, 2.45) is 16.5 Å². The van der Waals surface area contributed by atoms with E-state index in [4.69, 9.17) is 11.5 Å². The zero-order chi connectivity index (χ0) is 16.4. The molecule has 1 aliphatic heterocycles. The van der Waals surface area contributed by atoms with Crippen molar-refractivity contribution in [3.63, 3.8) is 0 Å². The van der Waals surface area contributed by atoms with Crippen LogP contribution < -0.4 is 16.8 Å². The second-order valence-electron chi connectivity index (χ2n) is 5.82. The Kier molecular flexibility index (Phi) is 3.96. The number of nitrogens with zero attached hydrogens (tertiary/aromatic N) is 1. The Morgan fingerprint density at radius 2 is 2.13 bits per heavy atom. The van der Waals surface area contributed by atoms with Crippen molar-refractivity contribution in [2.75, 3.05) is 13.1 Å². The number of H-pyrrole nitrogens is 1. The Morgan fingerprint density at radius 1 is 1.35 bits per heavy atom. The molecule has 1 aromatic carbocycles. The Bertz CT molecular complexity index is 763. The highest BCUT2D eigenvalue weighted by Crippen LogP contribution is 2.36. The molecule has 0 bridgehead atoms. The van der Waals surface area contributed by atoms with Crippen LogP contribution in [0.15, 0.2) is 29.3 Å². The van der Waals surface area contributed by atoms with Crippen LogP contribution in [0, 0.1) is 0 Å². The molecule has 1 atom stereocenters. The molecular formula is C16H21N5O2. The maximum atomic E-state index is 12.1. The van der Waals surface area contributed by atoms with Gasteiger partial charge in [0.15, 0.2) is 11.5 Å². The van der Waals surface area contributed by atoms with Crippen LogP contribution in [-0.2, 0) is 16.8 Å². The number of para-hydroxylation sites is 1. The van der Waals surface area contributed by atoms with Crippen molar-refractivity contribution in [2.45, 2.75) is 24.8 Å². The predicted octanol–water partition coefficient (Wildman–Crippen LogP) is 0.647. The lowest BCUT2D eigenvalue weighted by Gasteiger charge is -2.34. The number of carboxylic acids is 1. The molecule has 0 unspecified atom stereocenters. The van der Waals surface area contributed by atoms with Gasteiger partial charge in [0.1, 0.15) is 0 Å². The molecule has 0 amide bonds. The first-order valence-corrected chi connectivity index (χ1v) is 7.68. The normalized spacial score (nSPS) is 20.2. The number of hydrogen-bond donors (Lipinski definition) is 5. The van der Waals surface area contributed by atoms with Gasteiger partial charge in [0, 0.05) is 24.0 Å². The molecule has 0 radical (unpaired) electrons. The number of guanidine groups is 1. The van der Waals surface area contributed by atoms with E-state index in [1.165, 1.54) is 0 Å². The van der Waals surface area contributed by atoms with Gasteiger partial charge in [-0.15, -0.1) is 0 Å². The van der Waals surface area contributed by atoms with Crippen LogP contribution in [0.2, 0.25) is 0 Å². The number of aromatic amines is 1. The van der Waals surface area contributed by atoms with Crippen molar-refractivity contribution < 1.29 is 9.90 Å². The first kappa shape index (κ1) is 15.4. The van der Waals surface area contributed by atoms with E-state index >= 15 is 0 Å². The zero-order valence-corrected chi connectivity index (χ0v) is 12.8. The number of aromatic nitrogens is 1. The van der Waals surface area contributed by atoms with Crippen molar-refractivity contribution in [3.05, 3.63) is 35.5 Å². The second kappa shape index (κ2) is 5.92. The lowest BCUT2D eigenvalue weighted by molar-refractivity contribution is -0.146. The van der Waals surface area contributed by atoms with Gasteiger partial charge in [0.05, 0.1) is 5.69 Å². The van der Waals surface area contributed by atoms with Crippen LogP contribution in [0.3, 0.4) is 0 Å². The van der Waals surface area contributed by atoms with Gasteiger partial charge in [-0.25, -0.2) is 4.79 Å². The number of carboxylic acid groups (broad SMARTS) is 1. The Hall–Kier alpha value is -2.54. The lowest BCUT2D eigenvalue weighted by Crippen LogP contribution is -2.53. The van der Waals surface area contributed by atoms with Crippen LogP contribution in [0.25, 0.3) is 10.9 Å². The standard InChI is InChI=1S/C16H21N5O2/c17-15(18)19-8-3-7-16(14(22)23)13-11(6-9-20-16)10-4-1-2-5-12(10)21-13/h1-2,4-5,20-21H,3,6-9H2,(H,22,23)(H4,17,18,19)/t16-/m1/s1. The van der Waals surface area contributed by atoms with Gasteiger partial charge in [0.25, 0.3) is 0 Å². The molecule has 23 heavy (non-hydrogen) atoms. The first-order chi connectivity index (χ1) is 11.0. The third-order valence-electron chi connectivity index (χ3n) is 4.41. The molecule has 7 heteroatoms. The Labute approximate surface area is 133 Å². The summed E-state index contributed by atoms with van der Waals surface area (Å²) in [6, 6.07) is 7.92. The molecular weight excluding hydrogens is 294 g/mol. The molecule has 1 aliphatic rings. The highest BCUT2D eigenvalue weighted by molar-refractivity contribution is 5.90. The van der Waals surface area contributed by atoms with Gasteiger partial charge < -0.3 is 21.6 Å². The van der Waals surface area contributed by atoms with E-state index < -0.39 is 11.5 Å². The number of aliphatic imine (C=N–C) groups is 1. The van der Waals surface area contributed by atoms with Crippen molar-refractivity contribution >= 4 is 22.8 Å². The summed E-state index contributed by atoms with van der Waals surface area (Å²) < 4.78 is 0. The molecule has 122 valence electrons. The number of aliphatic carboxylic acids is 1. The number of nitrogens with one attached hydrogen (secondary N) is 2. The SMILES string of the molecule is NC(N)=NCCC[C@@]1(C(=O)O)NCCc2c1[nH]c1ccccc21. The van der Waals surface area contributed by atoms with Gasteiger partial charge in [-0.2, -0.15) is 0 Å². The highest BCUT2D eigenvalue weighted by atomic mass is 16.4. The van der Waals surface area contributed by atoms with Crippen molar-refractivity contribution in [3.8, 4) is 0 Å². The van der Waals surface area contributed by atoms with E-state index in [-0.39, 0.29) is 5.96 Å². The molecule has 0 fully saturated rings. The molecule has 1 aromatic heterocycles. The summed E-state index contributed by atoms with van der Waals surface area (Å²) >= 11 is 0. The highest BCUT2D eigenvalue weighted by Gasteiger charge is 2.44. The molecule has 7 N–H and O–H groups in total. The number of fused-ring (bicyclic) bond motifs is 3. The Morgan fingerprint density at radius 3 is 2.87 bits per heavy atom. The average Bonchev–Trinajstić information content (AvgIpc) is 2.91. The molecule has 0 spiro atoms. The molecule has 0 saturated heterocycles. The topological polar surface area (TPSA) is 130 Å². The average molecular weight is 315 g/mol. The minimum Gasteiger partial charge on any atom is -0.480 e. The van der Waals surface area contributed by atoms with Gasteiger partial charge >= 0.3 is 5.97 Å². The lowest BCUT2D eigenvalue weighted by atomic mass is 9.83. The number of nitrogens with two attached hydrogens (primary N) is 2. The maximum Gasteiger partial charge on any atom is 0.330 e. The van der Waals surface area contributed by atoms with Gasteiger partial charge in [-0.3, -0.25) is 10.3 Å². The number of benzene rings is 1. The van der Waals surface area contributed by atoms with E-state index in [1.807, 2.05) is 24.3 Å². The molecule has 2 heterocycles. The zero-order valence-electron chi connectivity index (χ0n) is 12.8. The minimum absolute atomic E-state index is 0.0253. The van der Waals surface area contributed by atoms with E-state index in [0.717, 1.165) is 28.6 Å². The smallest absolute Gasteiger partial charge is 0.330 e. The van der Waals surface area contributed by atoms with Crippen LogP contribution >= 0.6 is 0 Å². The molecule has 2 aromatic rings. The summed E-state index contributed by atoms with van der Waals surface area (Å²) in [5, 5.41) is 14.2. The monoisotopic (exact) mass is 315 g/mol. The quantitative estimate of drug-likeness (QED) is 0.314. The minimum atomic E-state index is -1.12. The van der Waals surface area contributed by atoms with Crippen LogP contribution in [-0.4, -0.2) is 35.1 Å². The van der Waals surface area contributed by atoms with Crippen molar-refractivity contribution in [1.82, 2.24) is 10.3 Å². The summed E-state index contributed by atoms with van der Waals surface area (Å²) in [5.74, 6) is -0.855. The van der Waals surface area contributed by atoms with Gasteiger partial charge in [-0.05, 0) is 30.9 Å². The van der Waals surface area contributed by atoms with Crippen LogP contribution in [0.5, 0.6) is 0 Å². The van der Waals surface area contributed by atoms with Gasteiger partial charge in [-0.1, -0.05) is 18.2 Å². The fourth-order valence-corrected chi connectivity index (χ4v) is 3.37. The summed E-state index contributed by atoms with van der Waals surface area (Å²) in [4.78, 5) is 19.3. The maximum absolute atomic E-state index is 12.1. The molecule has 0 aliphatic carbocycles. The fraction of sp³-hybridized carbons (Fsp3) is 0.375. The third kappa shape index (κ3) is 2.63. The summed E-state index contributed by atoms with van der Waals surface area (Å²) in [7, 11) is 0. The summed E-state index contributed by atoms with van der Waals surface area (Å²) in [6.45, 7) is 1.04. The molecule has 7 nitrogen and oxygen atoms in total. The number of carbonyl (C=O) groups is 1. The molecule has 3 rings (SSSR count). The Balaban J connectivity index is 1.99. The van der Waals surface area contributed by atoms with Crippen LogP contribution in [0.1, 0.15) is 24.1 Å². The van der Waals surface area contributed by atoms with E-state index in [0.29, 0.717) is 25.9 Å². The van der Waals surface area contributed by atoms with Crippen molar-refractivity contribution in [1.29, 1.82) is 0 Å². The predicted molar refractivity (Wildman–Crippen MR) is 89.2 cm³/mol. The molecule has 0 saturated carbocycles. The van der Waals surface area contributed by atoms with E-state index in [9.17, 15) is 9.90 Å². The number of rotatable bonds is 5. The third-order valence-corrected chi connectivity index (χ3v) is 4.41.